The van der Waals surface area contributed by atoms with Crippen LogP contribution in [0, 0.1) is 5.41 Å². The van der Waals surface area contributed by atoms with Crippen molar-refractivity contribution in [3.63, 3.8) is 0 Å². The third-order valence-electron chi connectivity index (χ3n) is 5.12. The molecule has 0 atom stereocenters. The zero-order chi connectivity index (χ0) is 20.4. The van der Waals surface area contributed by atoms with Crippen LogP contribution in [0.15, 0.2) is 23.2 Å². The van der Waals surface area contributed by atoms with Crippen LogP contribution in [-0.2, 0) is 11.3 Å². The second-order valence-electron chi connectivity index (χ2n) is 7.00. The topological polar surface area (TPSA) is 64.1 Å². The zero-order valence-electron chi connectivity index (χ0n) is 16.9. The Bertz CT molecular complexity index is 637. The second-order valence-corrected chi connectivity index (χ2v) is 7.00. The summed E-state index contributed by atoms with van der Waals surface area (Å²) in [4.78, 5) is 4.55. The summed E-state index contributed by atoms with van der Waals surface area (Å²) in [5, 5.41) is 6.60. The molecule has 0 radical (unpaired) electrons. The minimum absolute atomic E-state index is 0.103. The molecule has 1 aromatic rings. The van der Waals surface area contributed by atoms with Gasteiger partial charge in [-0.05, 0) is 49.8 Å². The number of ether oxygens (including phenoxy) is 3. The maximum absolute atomic E-state index is 12.7. The summed E-state index contributed by atoms with van der Waals surface area (Å²) in [5.74, 6) is 1.32. The molecule has 1 fully saturated rings. The average molecular weight is 399 g/mol. The van der Waals surface area contributed by atoms with E-state index in [4.69, 9.17) is 9.47 Å². The Hall–Kier alpha value is -2.09. The Morgan fingerprint density at radius 1 is 1.25 bits per heavy atom. The van der Waals surface area contributed by atoms with Crippen molar-refractivity contribution in [1.29, 1.82) is 0 Å². The van der Waals surface area contributed by atoms with Crippen LogP contribution >= 0.6 is 0 Å². The van der Waals surface area contributed by atoms with Crippen LogP contribution in [-0.4, -0.2) is 46.5 Å². The Balaban J connectivity index is 2.07. The van der Waals surface area contributed by atoms with Gasteiger partial charge in [0, 0.05) is 32.4 Å². The smallest absolute Gasteiger partial charge is 0.387 e. The molecule has 0 unspecified atom stereocenters. The van der Waals surface area contributed by atoms with E-state index in [-0.39, 0.29) is 17.7 Å². The number of nitrogens with zero attached hydrogens (tertiary/aromatic N) is 1. The molecular formula is C20H31F2N3O3. The fourth-order valence-electron chi connectivity index (χ4n) is 3.31. The monoisotopic (exact) mass is 399 g/mol. The van der Waals surface area contributed by atoms with Gasteiger partial charge in [-0.25, -0.2) is 4.99 Å². The van der Waals surface area contributed by atoms with Gasteiger partial charge in [-0.2, -0.15) is 8.78 Å². The SMILES string of the molecule is CCNC(=NCc1cc(OC)ccc1OC(F)F)NCC1(CCOC)CCC1. The van der Waals surface area contributed by atoms with E-state index < -0.39 is 6.61 Å². The maximum Gasteiger partial charge on any atom is 0.387 e. The van der Waals surface area contributed by atoms with Gasteiger partial charge < -0.3 is 24.8 Å². The molecule has 1 saturated carbocycles. The third-order valence-corrected chi connectivity index (χ3v) is 5.12. The van der Waals surface area contributed by atoms with Crippen molar-refractivity contribution >= 4 is 5.96 Å². The molecule has 0 heterocycles. The Kier molecular flexibility index (Phi) is 8.76. The molecule has 0 aromatic heterocycles. The van der Waals surface area contributed by atoms with E-state index in [9.17, 15) is 8.78 Å². The summed E-state index contributed by atoms with van der Waals surface area (Å²) in [7, 11) is 3.25. The Morgan fingerprint density at radius 2 is 2.04 bits per heavy atom. The number of guanidine groups is 1. The summed E-state index contributed by atoms with van der Waals surface area (Å²) >= 11 is 0. The van der Waals surface area contributed by atoms with E-state index in [2.05, 4.69) is 20.4 Å². The lowest BCUT2D eigenvalue weighted by Crippen LogP contribution is -2.47. The summed E-state index contributed by atoms with van der Waals surface area (Å²) < 4.78 is 40.4. The highest BCUT2D eigenvalue weighted by Gasteiger charge is 2.36. The van der Waals surface area contributed by atoms with Crippen LogP contribution in [0.4, 0.5) is 8.78 Å². The number of rotatable bonds is 11. The number of methoxy groups -OCH3 is 2. The second kappa shape index (κ2) is 11.0. The van der Waals surface area contributed by atoms with Gasteiger partial charge in [-0.1, -0.05) is 6.42 Å². The summed E-state index contributed by atoms with van der Waals surface area (Å²) in [6.45, 7) is 1.54. The first-order valence-corrected chi connectivity index (χ1v) is 9.65. The van der Waals surface area contributed by atoms with Gasteiger partial charge in [-0.3, -0.25) is 0 Å². The first kappa shape index (κ1) is 22.2. The number of hydrogen-bond acceptors (Lipinski definition) is 4. The minimum atomic E-state index is -2.89. The minimum Gasteiger partial charge on any atom is -0.497 e. The van der Waals surface area contributed by atoms with Crippen LogP contribution in [0.3, 0.4) is 0 Å². The van der Waals surface area contributed by atoms with E-state index in [0.717, 1.165) is 19.6 Å². The van der Waals surface area contributed by atoms with Crippen LogP contribution in [0.1, 0.15) is 38.2 Å². The molecule has 0 bridgehead atoms. The largest absolute Gasteiger partial charge is 0.497 e. The van der Waals surface area contributed by atoms with Crippen molar-refractivity contribution < 1.29 is 23.0 Å². The van der Waals surface area contributed by atoms with Crippen LogP contribution in [0.5, 0.6) is 11.5 Å². The molecule has 1 aliphatic carbocycles. The highest BCUT2D eigenvalue weighted by Crippen LogP contribution is 2.43. The first-order valence-electron chi connectivity index (χ1n) is 9.65. The van der Waals surface area contributed by atoms with E-state index in [1.165, 1.54) is 32.4 Å². The van der Waals surface area contributed by atoms with Gasteiger partial charge in [0.25, 0.3) is 0 Å². The van der Waals surface area contributed by atoms with Gasteiger partial charge >= 0.3 is 6.61 Å². The lowest BCUT2D eigenvalue weighted by Gasteiger charge is -2.42. The molecule has 158 valence electrons. The molecule has 1 aliphatic rings. The molecule has 0 amide bonds. The number of halogens is 2. The molecule has 6 nitrogen and oxygen atoms in total. The molecule has 0 saturated heterocycles. The van der Waals surface area contributed by atoms with Gasteiger partial charge in [0.15, 0.2) is 5.96 Å². The van der Waals surface area contributed by atoms with Crippen LogP contribution < -0.4 is 20.1 Å². The predicted molar refractivity (Wildman–Crippen MR) is 105 cm³/mol. The number of benzene rings is 1. The lowest BCUT2D eigenvalue weighted by molar-refractivity contribution is -0.0504. The Labute approximate surface area is 165 Å². The molecular weight excluding hydrogens is 368 g/mol. The van der Waals surface area contributed by atoms with Gasteiger partial charge in [0.05, 0.1) is 13.7 Å². The molecule has 28 heavy (non-hydrogen) atoms. The summed E-state index contributed by atoms with van der Waals surface area (Å²) in [6, 6.07) is 4.73. The number of alkyl halides is 2. The van der Waals surface area contributed by atoms with E-state index in [1.54, 1.807) is 19.2 Å². The maximum atomic E-state index is 12.7. The van der Waals surface area contributed by atoms with E-state index >= 15 is 0 Å². The average Bonchev–Trinajstić information content (AvgIpc) is 2.65. The van der Waals surface area contributed by atoms with Crippen molar-refractivity contribution in [3.05, 3.63) is 23.8 Å². The van der Waals surface area contributed by atoms with Crippen molar-refractivity contribution in [1.82, 2.24) is 10.6 Å². The highest BCUT2D eigenvalue weighted by atomic mass is 19.3. The third kappa shape index (κ3) is 6.51. The molecule has 2 N–H and O–H groups in total. The molecule has 0 aliphatic heterocycles. The van der Waals surface area contributed by atoms with Crippen molar-refractivity contribution in [2.75, 3.05) is 33.9 Å². The standard InChI is InChI=1S/C20H31F2N3O3/c1-4-23-19(25-14-20(8-5-9-20)10-11-26-2)24-13-15-12-16(27-3)6-7-17(15)28-18(21)22/h6-7,12,18H,4-5,8-11,13-14H2,1-3H3,(H2,23,24,25). The highest BCUT2D eigenvalue weighted by molar-refractivity contribution is 5.79. The first-order chi connectivity index (χ1) is 13.5. The van der Waals surface area contributed by atoms with Crippen molar-refractivity contribution in [2.24, 2.45) is 10.4 Å². The van der Waals surface area contributed by atoms with E-state index in [1.807, 2.05) is 6.92 Å². The predicted octanol–water partition coefficient (Wildman–Crippen LogP) is 3.56. The van der Waals surface area contributed by atoms with Crippen molar-refractivity contribution in [2.45, 2.75) is 45.8 Å². The Morgan fingerprint density at radius 3 is 2.61 bits per heavy atom. The lowest BCUT2D eigenvalue weighted by atomic mass is 9.67. The van der Waals surface area contributed by atoms with Crippen LogP contribution in [0.2, 0.25) is 0 Å². The van der Waals surface area contributed by atoms with Gasteiger partial charge in [-0.15, -0.1) is 0 Å². The fourth-order valence-corrected chi connectivity index (χ4v) is 3.31. The molecule has 2 rings (SSSR count). The van der Waals surface area contributed by atoms with Crippen LogP contribution in [0.25, 0.3) is 0 Å². The number of aliphatic imine (C=N–C) groups is 1. The van der Waals surface area contributed by atoms with E-state index in [0.29, 0.717) is 23.8 Å². The number of hydrogen-bond donors (Lipinski definition) is 2. The zero-order valence-corrected chi connectivity index (χ0v) is 16.9. The fraction of sp³-hybridized carbons (Fsp3) is 0.650. The normalized spacial score (nSPS) is 15.9. The quantitative estimate of drug-likeness (QED) is 0.440. The van der Waals surface area contributed by atoms with Gasteiger partial charge in [0.2, 0.25) is 0 Å². The summed E-state index contributed by atoms with van der Waals surface area (Å²) in [5.41, 5.74) is 0.779. The summed E-state index contributed by atoms with van der Waals surface area (Å²) in [6.07, 6.45) is 4.59. The molecule has 0 spiro atoms. The van der Waals surface area contributed by atoms with Gasteiger partial charge in [0.1, 0.15) is 11.5 Å². The van der Waals surface area contributed by atoms with Crippen molar-refractivity contribution in [3.8, 4) is 11.5 Å². The molecule has 1 aromatic carbocycles. The molecule has 8 heteroatoms. The number of nitrogens with one attached hydrogen (secondary N) is 2.